The van der Waals surface area contributed by atoms with E-state index in [9.17, 15) is 9.18 Å². The molecule has 0 radical (unpaired) electrons. The van der Waals surface area contributed by atoms with Gasteiger partial charge < -0.3 is 10.2 Å². The number of urea groups is 1. The molecule has 1 aromatic carbocycles. The molecule has 0 aromatic heterocycles. The van der Waals surface area contributed by atoms with E-state index in [0.29, 0.717) is 19.0 Å². The number of amides is 2. The van der Waals surface area contributed by atoms with Gasteiger partial charge in [0.05, 0.1) is 6.04 Å². The number of halogens is 1. The lowest BCUT2D eigenvalue weighted by Gasteiger charge is -2.36. The Balaban J connectivity index is 2.11. The molecule has 0 heterocycles. The van der Waals surface area contributed by atoms with Crippen molar-refractivity contribution in [1.29, 1.82) is 0 Å². The van der Waals surface area contributed by atoms with E-state index in [1.165, 1.54) is 18.6 Å². The topological polar surface area (TPSA) is 32.3 Å². The molecule has 0 spiro atoms. The summed E-state index contributed by atoms with van der Waals surface area (Å²) in [5.74, 6) is 0.233. The maximum atomic E-state index is 13.1. The Bertz CT molecular complexity index is 438. The summed E-state index contributed by atoms with van der Waals surface area (Å²) in [4.78, 5) is 14.0. The average Bonchev–Trinajstić information content (AvgIpc) is 2.38. The van der Waals surface area contributed by atoms with Gasteiger partial charge in [-0.25, -0.2) is 9.18 Å². The van der Waals surface area contributed by atoms with Crippen LogP contribution in [0.1, 0.15) is 44.7 Å². The van der Waals surface area contributed by atoms with Crippen LogP contribution in [0.2, 0.25) is 0 Å². The van der Waals surface area contributed by atoms with Gasteiger partial charge in [0, 0.05) is 13.1 Å². The number of hydrogen-bond donors (Lipinski definition) is 1. The second kappa shape index (κ2) is 6.73. The first-order valence-corrected chi connectivity index (χ1v) is 7.46. The molecule has 2 amide bonds. The lowest BCUT2D eigenvalue weighted by Crippen LogP contribution is -2.44. The monoisotopic (exact) mass is 278 g/mol. The maximum Gasteiger partial charge on any atom is 0.317 e. The Morgan fingerprint density at radius 3 is 2.35 bits per heavy atom. The van der Waals surface area contributed by atoms with Crippen molar-refractivity contribution in [3.63, 3.8) is 0 Å². The first-order valence-electron chi connectivity index (χ1n) is 7.46. The zero-order chi connectivity index (χ0) is 14.5. The quantitative estimate of drug-likeness (QED) is 0.874. The average molecular weight is 278 g/mol. The van der Waals surface area contributed by atoms with Crippen molar-refractivity contribution in [2.75, 3.05) is 13.1 Å². The molecule has 0 aliphatic heterocycles. The smallest absolute Gasteiger partial charge is 0.317 e. The van der Waals surface area contributed by atoms with Crippen molar-refractivity contribution in [2.45, 2.75) is 39.2 Å². The minimum atomic E-state index is -0.240. The van der Waals surface area contributed by atoms with E-state index in [4.69, 9.17) is 0 Å². The van der Waals surface area contributed by atoms with Crippen molar-refractivity contribution in [1.82, 2.24) is 10.2 Å². The highest BCUT2D eigenvalue weighted by Gasteiger charge is 2.30. The number of nitrogens with zero attached hydrogens (tertiary/aromatic N) is 1. The Kier molecular flexibility index (Phi) is 4.99. The number of nitrogens with one attached hydrogen (secondary N) is 1. The molecule has 3 nitrogen and oxygen atoms in total. The van der Waals surface area contributed by atoms with Crippen LogP contribution in [0.4, 0.5) is 9.18 Å². The largest absolute Gasteiger partial charge is 0.331 e. The van der Waals surface area contributed by atoms with E-state index in [2.05, 4.69) is 5.32 Å². The van der Waals surface area contributed by atoms with Gasteiger partial charge in [-0.1, -0.05) is 18.6 Å². The summed E-state index contributed by atoms with van der Waals surface area (Å²) in [6, 6.07) is 6.45. The Hall–Kier alpha value is -1.58. The van der Waals surface area contributed by atoms with Crippen LogP contribution in [0.25, 0.3) is 0 Å². The molecule has 1 unspecified atom stereocenters. The fourth-order valence-corrected chi connectivity index (χ4v) is 2.65. The van der Waals surface area contributed by atoms with Crippen LogP contribution in [0, 0.1) is 11.7 Å². The van der Waals surface area contributed by atoms with E-state index in [0.717, 1.165) is 18.4 Å². The van der Waals surface area contributed by atoms with Gasteiger partial charge in [-0.15, -0.1) is 0 Å². The molecule has 110 valence electrons. The van der Waals surface area contributed by atoms with Crippen LogP contribution >= 0.6 is 0 Å². The molecule has 1 aliphatic rings. The summed E-state index contributed by atoms with van der Waals surface area (Å²) in [5.41, 5.74) is 0.997. The molecule has 1 atom stereocenters. The standard InChI is InChI=1S/C16H23FN2O/c1-3-19(4-2)16(20)18-15(12-6-5-7-12)13-8-10-14(17)11-9-13/h8-12,15H,3-7H2,1-2H3,(H,18,20). The van der Waals surface area contributed by atoms with E-state index < -0.39 is 0 Å². The summed E-state index contributed by atoms with van der Waals surface area (Å²) >= 11 is 0. The summed E-state index contributed by atoms with van der Waals surface area (Å²) in [6.07, 6.45) is 3.46. The third-order valence-corrected chi connectivity index (χ3v) is 4.18. The third-order valence-electron chi connectivity index (χ3n) is 4.18. The molecule has 1 N–H and O–H groups in total. The van der Waals surface area contributed by atoms with Crippen LogP contribution < -0.4 is 5.32 Å². The number of carbonyl (C=O) groups excluding carboxylic acids is 1. The van der Waals surface area contributed by atoms with Gasteiger partial charge in [-0.3, -0.25) is 0 Å². The Morgan fingerprint density at radius 2 is 1.90 bits per heavy atom. The molecule has 1 aliphatic carbocycles. The van der Waals surface area contributed by atoms with Gasteiger partial charge in [0.25, 0.3) is 0 Å². The lowest BCUT2D eigenvalue weighted by molar-refractivity contribution is 0.179. The molecule has 2 rings (SSSR count). The molecular formula is C16H23FN2O. The fraction of sp³-hybridized carbons (Fsp3) is 0.562. The van der Waals surface area contributed by atoms with Crippen molar-refractivity contribution in [3.05, 3.63) is 35.6 Å². The molecule has 1 fully saturated rings. The normalized spacial score (nSPS) is 16.4. The zero-order valence-electron chi connectivity index (χ0n) is 12.2. The molecule has 20 heavy (non-hydrogen) atoms. The summed E-state index contributed by atoms with van der Waals surface area (Å²) < 4.78 is 13.1. The zero-order valence-corrected chi connectivity index (χ0v) is 12.2. The van der Waals surface area contributed by atoms with Crippen molar-refractivity contribution >= 4 is 6.03 Å². The second-order valence-corrected chi connectivity index (χ2v) is 5.34. The Labute approximate surface area is 120 Å². The van der Waals surface area contributed by atoms with Crippen LogP contribution in [-0.2, 0) is 0 Å². The summed E-state index contributed by atoms with van der Waals surface area (Å²) in [6.45, 7) is 5.34. The predicted octanol–water partition coefficient (Wildman–Crippen LogP) is 3.72. The molecule has 0 saturated heterocycles. The van der Waals surface area contributed by atoms with Gasteiger partial charge in [0.15, 0.2) is 0 Å². The van der Waals surface area contributed by atoms with Gasteiger partial charge in [-0.05, 0) is 50.3 Å². The van der Waals surface area contributed by atoms with E-state index >= 15 is 0 Å². The van der Waals surface area contributed by atoms with Crippen LogP contribution in [0.15, 0.2) is 24.3 Å². The van der Waals surface area contributed by atoms with Crippen molar-refractivity contribution in [2.24, 2.45) is 5.92 Å². The minimum absolute atomic E-state index is 0.00236. The minimum Gasteiger partial charge on any atom is -0.331 e. The lowest BCUT2D eigenvalue weighted by atomic mass is 9.77. The molecule has 4 heteroatoms. The summed E-state index contributed by atoms with van der Waals surface area (Å²) in [5, 5.41) is 3.12. The van der Waals surface area contributed by atoms with E-state index in [1.54, 1.807) is 17.0 Å². The van der Waals surface area contributed by atoms with Crippen molar-refractivity contribution in [3.8, 4) is 0 Å². The highest BCUT2D eigenvalue weighted by Crippen LogP contribution is 2.37. The van der Waals surface area contributed by atoms with Crippen molar-refractivity contribution < 1.29 is 9.18 Å². The van der Waals surface area contributed by atoms with Crippen LogP contribution in [-0.4, -0.2) is 24.0 Å². The number of carbonyl (C=O) groups is 1. The van der Waals surface area contributed by atoms with Crippen LogP contribution in [0.5, 0.6) is 0 Å². The van der Waals surface area contributed by atoms with E-state index in [1.807, 2.05) is 13.8 Å². The van der Waals surface area contributed by atoms with Gasteiger partial charge in [0.1, 0.15) is 5.82 Å². The second-order valence-electron chi connectivity index (χ2n) is 5.34. The highest BCUT2D eigenvalue weighted by molar-refractivity contribution is 5.74. The molecule has 1 saturated carbocycles. The maximum absolute atomic E-state index is 13.1. The highest BCUT2D eigenvalue weighted by atomic mass is 19.1. The third kappa shape index (κ3) is 3.30. The van der Waals surface area contributed by atoms with Gasteiger partial charge in [0.2, 0.25) is 0 Å². The SMILES string of the molecule is CCN(CC)C(=O)NC(c1ccc(F)cc1)C1CCC1. The Morgan fingerprint density at radius 1 is 1.30 bits per heavy atom. The first-order chi connectivity index (χ1) is 9.65. The van der Waals surface area contributed by atoms with E-state index in [-0.39, 0.29) is 17.9 Å². The number of benzene rings is 1. The fourth-order valence-electron chi connectivity index (χ4n) is 2.65. The molecular weight excluding hydrogens is 255 g/mol. The number of rotatable bonds is 5. The number of hydrogen-bond acceptors (Lipinski definition) is 1. The van der Waals surface area contributed by atoms with Gasteiger partial charge in [-0.2, -0.15) is 0 Å². The molecule has 1 aromatic rings. The van der Waals surface area contributed by atoms with Crippen LogP contribution in [0.3, 0.4) is 0 Å². The predicted molar refractivity (Wildman–Crippen MR) is 77.9 cm³/mol. The van der Waals surface area contributed by atoms with Gasteiger partial charge >= 0.3 is 6.03 Å². The molecule has 0 bridgehead atoms. The summed E-state index contributed by atoms with van der Waals surface area (Å²) in [7, 11) is 0. The first kappa shape index (κ1) is 14.8.